The Morgan fingerprint density at radius 3 is 2.57 bits per heavy atom. The van der Waals surface area contributed by atoms with Crippen LogP contribution in [0.1, 0.15) is 11.4 Å². The molecule has 1 aromatic heterocycles. The fraction of sp³-hybridized carbons (Fsp3) is 0.0909. The van der Waals surface area contributed by atoms with Crippen LogP contribution in [-0.2, 0) is 5.75 Å². The van der Waals surface area contributed by atoms with Gasteiger partial charge in [-0.15, -0.1) is 11.8 Å². The molecule has 1 heterocycles. The number of rotatable bonds is 4. The van der Waals surface area contributed by atoms with Crippen molar-refractivity contribution >= 4 is 50.2 Å². The first-order valence-corrected chi connectivity index (χ1v) is 10.8. The maximum atomic E-state index is 13.4. The van der Waals surface area contributed by atoms with Crippen molar-refractivity contribution in [3.63, 3.8) is 0 Å². The fourth-order valence-electron chi connectivity index (χ4n) is 3.04. The molecule has 0 unspecified atom stereocenters. The van der Waals surface area contributed by atoms with E-state index in [4.69, 9.17) is 16.6 Å². The predicted molar refractivity (Wildman–Crippen MR) is 121 cm³/mol. The number of para-hydroxylation sites is 1. The van der Waals surface area contributed by atoms with Crippen LogP contribution in [0.15, 0.2) is 80.9 Å². The number of thioether (sulfide) groups is 1. The molecular formula is C22H16BrClN2OS. The first kappa shape index (κ1) is 19.2. The summed E-state index contributed by atoms with van der Waals surface area (Å²) in [5.41, 5.74) is 2.41. The topological polar surface area (TPSA) is 34.9 Å². The van der Waals surface area contributed by atoms with Gasteiger partial charge in [-0.1, -0.05) is 45.7 Å². The third-order valence-electron chi connectivity index (χ3n) is 4.44. The summed E-state index contributed by atoms with van der Waals surface area (Å²) in [6.45, 7) is 2.00. The molecule has 3 aromatic carbocycles. The van der Waals surface area contributed by atoms with Crippen LogP contribution in [0.2, 0.25) is 5.02 Å². The Morgan fingerprint density at radius 1 is 1.07 bits per heavy atom. The van der Waals surface area contributed by atoms with E-state index in [1.807, 2.05) is 55.5 Å². The molecule has 0 amide bonds. The molecule has 140 valence electrons. The Bertz CT molecular complexity index is 1220. The van der Waals surface area contributed by atoms with Gasteiger partial charge in [0.15, 0.2) is 0 Å². The smallest absolute Gasteiger partial charge is 0.266 e. The normalized spacial score (nSPS) is 11.1. The first-order chi connectivity index (χ1) is 13.5. The summed E-state index contributed by atoms with van der Waals surface area (Å²) in [5.74, 6) is 1.28. The SMILES string of the molecule is Cc1ccccc1-n1c(CSc2ccc(Br)cc2)nc2ccc(Cl)cc2c1=O. The highest BCUT2D eigenvalue weighted by atomic mass is 79.9. The van der Waals surface area contributed by atoms with Gasteiger partial charge in [0, 0.05) is 14.4 Å². The lowest BCUT2D eigenvalue weighted by Gasteiger charge is -2.15. The van der Waals surface area contributed by atoms with Crippen LogP contribution in [0, 0.1) is 6.92 Å². The van der Waals surface area contributed by atoms with Crippen LogP contribution in [0.3, 0.4) is 0 Å². The second-order valence-corrected chi connectivity index (χ2v) is 8.76. The lowest BCUT2D eigenvalue weighted by atomic mass is 10.2. The minimum atomic E-state index is -0.104. The number of nitrogens with zero attached hydrogens (tertiary/aromatic N) is 2. The number of aryl methyl sites for hydroxylation is 1. The predicted octanol–water partition coefficient (Wildman–Crippen LogP) is 6.40. The van der Waals surface area contributed by atoms with Gasteiger partial charge < -0.3 is 0 Å². The quantitative estimate of drug-likeness (QED) is 0.323. The fourth-order valence-corrected chi connectivity index (χ4v) is 4.30. The molecule has 0 N–H and O–H groups in total. The summed E-state index contributed by atoms with van der Waals surface area (Å²) in [6.07, 6.45) is 0. The van der Waals surface area contributed by atoms with Gasteiger partial charge in [0.05, 0.1) is 22.3 Å². The zero-order valence-corrected chi connectivity index (χ0v) is 18.2. The molecule has 4 aromatic rings. The van der Waals surface area contributed by atoms with E-state index in [0.29, 0.717) is 27.5 Å². The molecule has 6 heteroatoms. The summed E-state index contributed by atoms with van der Waals surface area (Å²) >= 11 is 11.2. The van der Waals surface area contributed by atoms with Crippen LogP contribution in [-0.4, -0.2) is 9.55 Å². The zero-order valence-electron chi connectivity index (χ0n) is 15.0. The number of fused-ring (bicyclic) bond motifs is 1. The zero-order chi connectivity index (χ0) is 19.7. The van der Waals surface area contributed by atoms with Crippen molar-refractivity contribution in [3.8, 4) is 5.69 Å². The van der Waals surface area contributed by atoms with Gasteiger partial charge in [0.2, 0.25) is 0 Å². The third-order valence-corrected chi connectivity index (χ3v) is 6.21. The maximum Gasteiger partial charge on any atom is 0.266 e. The molecule has 4 rings (SSSR count). The van der Waals surface area contributed by atoms with Crippen molar-refractivity contribution in [3.05, 3.63) is 98.0 Å². The molecule has 0 aliphatic rings. The summed E-state index contributed by atoms with van der Waals surface area (Å²) in [5, 5.41) is 1.05. The molecule has 0 bridgehead atoms. The highest BCUT2D eigenvalue weighted by Gasteiger charge is 2.15. The Morgan fingerprint density at radius 2 is 1.82 bits per heavy atom. The van der Waals surface area contributed by atoms with E-state index in [1.165, 1.54) is 0 Å². The Balaban J connectivity index is 1.87. The first-order valence-electron chi connectivity index (χ1n) is 8.68. The molecule has 0 aliphatic heterocycles. The van der Waals surface area contributed by atoms with Crippen LogP contribution >= 0.6 is 39.3 Å². The van der Waals surface area contributed by atoms with Gasteiger partial charge in [-0.2, -0.15) is 0 Å². The number of benzene rings is 3. The average molecular weight is 472 g/mol. The van der Waals surface area contributed by atoms with E-state index < -0.39 is 0 Å². The third kappa shape index (κ3) is 3.88. The molecule has 28 heavy (non-hydrogen) atoms. The minimum absolute atomic E-state index is 0.104. The van der Waals surface area contributed by atoms with Crippen molar-refractivity contribution in [2.24, 2.45) is 0 Å². The van der Waals surface area contributed by atoms with E-state index in [0.717, 1.165) is 20.6 Å². The van der Waals surface area contributed by atoms with Crippen molar-refractivity contribution in [1.82, 2.24) is 9.55 Å². The molecule has 0 fully saturated rings. The summed E-state index contributed by atoms with van der Waals surface area (Å²) in [7, 11) is 0. The molecule has 0 saturated carbocycles. The van der Waals surface area contributed by atoms with E-state index >= 15 is 0 Å². The van der Waals surface area contributed by atoms with Crippen LogP contribution < -0.4 is 5.56 Å². The highest BCUT2D eigenvalue weighted by molar-refractivity contribution is 9.10. The van der Waals surface area contributed by atoms with Gasteiger partial charge in [0.1, 0.15) is 5.82 Å². The van der Waals surface area contributed by atoms with Crippen LogP contribution in [0.4, 0.5) is 0 Å². The van der Waals surface area contributed by atoms with Crippen molar-refractivity contribution in [2.75, 3.05) is 0 Å². The second kappa shape index (κ2) is 8.11. The number of aromatic nitrogens is 2. The maximum absolute atomic E-state index is 13.4. The van der Waals surface area contributed by atoms with Crippen molar-refractivity contribution in [2.45, 2.75) is 17.6 Å². The molecule has 0 atom stereocenters. The van der Waals surface area contributed by atoms with Crippen LogP contribution in [0.25, 0.3) is 16.6 Å². The summed E-state index contributed by atoms with van der Waals surface area (Å²) in [4.78, 5) is 19.3. The highest BCUT2D eigenvalue weighted by Crippen LogP contribution is 2.26. The van der Waals surface area contributed by atoms with Gasteiger partial charge in [-0.25, -0.2) is 4.98 Å². The average Bonchev–Trinajstić information content (AvgIpc) is 2.69. The monoisotopic (exact) mass is 470 g/mol. The van der Waals surface area contributed by atoms with Gasteiger partial charge in [-0.3, -0.25) is 9.36 Å². The number of hydrogen-bond donors (Lipinski definition) is 0. The Labute approximate surface area is 180 Å². The summed E-state index contributed by atoms with van der Waals surface area (Å²) in [6, 6.07) is 21.2. The molecule has 0 radical (unpaired) electrons. The molecular weight excluding hydrogens is 456 g/mol. The second-order valence-electron chi connectivity index (χ2n) is 6.36. The van der Waals surface area contributed by atoms with Gasteiger partial charge in [-0.05, 0) is 61.0 Å². The van der Waals surface area contributed by atoms with E-state index in [9.17, 15) is 4.79 Å². The minimum Gasteiger partial charge on any atom is -0.268 e. The van der Waals surface area contributed by atoms with E-state index in [2.05, 4.69) is 15.9 Å². The largest absolute Gasteiger partial charge is 0.268 e. The molecule has 0 saturated heterocycles. The van der Waals surface area contributed by atoms with E-state index in [-0.39, 0.29) is 5.56 Å². The number of hydrogen-bond acceptors (Lipinski definition) is 3. The lowest BCUT2D eigenvalue weighted by Crippen LogP contribution is -2.24. The van der Waals surface area contributed by atoms with Gasteiger partial charge >= 0.3 is 0 Å². The lowest BCUT2D eigenvalue weighted by molar-refractivity contribution is 0.877. The Kier molecular flexibility index (Phi) is 5.58. The Hall–Kier alpha value is -2.08. The molecule has 3 nitrogen and oxygen atoms in total. The van der Waals surface area contributed by atoms with Crippen molar-refractivity contribution in [1.29, 1.82) is 0 Å². The summed E-state index contributed by atoms with van der Waals surface area (Å²) < 4.78 is 2.74. The number of halogens is 2. The standard InChI is InChI=1S/C22H16BrClN2OS/c1-14-4-2-3-5-20(14)26-21(13-28-17-9-6-15(23)7-10-17)25-19-11-8-16(24)12-18(19)22(26)27/h2-12H,13H2,1H3. The van der Waals surface area contributed by atoms with E-state index in [1.54, 1.807) is 34.5 Å². The van der Waals surface area contributed by atoms with Crippen LogP contribution in [0.5, 0.6) is 0 Å². The molecule has 0 spiro atoms. The molecule has 0 aliphatic carbocycles. The van der Waals surface area contributed by atoms with Crippen molar-refractivity contribution < 1.29 is 0 Å². The van der Waals surface area contributed by atoms with Gasteiger partial charge in [0.25, 0.3) is 5.56 Å².